The Bertz CT molecular complexity index is 546. The zero-order valence-electron chi connectivity index (χ0n) is 12.9. The van der Waals surface area contributed by atoms with Gasteiger partial charge in [0.1, 0.15) is 0 Å². The molecular weight excluding hydrogens is 280 g/mol. The van der Waals surface area contributed by atoms with Crippen molar-refractivity contribution in [3.63, 3.8) is 0 Å². The molecule has 1 aromatic rings. The average Bonchev–Trinajstić information content (AvgIpc) is 2.89. The van der Waals surface area contributed by atoms with Gasteiger partial charge < -0.3 is 9.64 Å². The van der Waals surface area contributed by atoms with E-state index in [4.69, 9.17) is 4.74 Å². The van der Waals surface area contributed by atoms with E-state index in [1.807, 2.05) is 17.9 Å². The number of carbonyl (C=O) groups excluding carboxylic acids is 2. The summed E-state index contributed by atoms with van der Waals surface area (Å²) in [5.41, 5.74) is 0.650. The van der Waals surface area contributed by atoms with Crippen LogP contribution < -0.4 is 0 Å². The number of esters is 1. The molecule has 118 valence electrons. The van der Waals surface area contributed by atoms with Gasteiger partial charge in [-0.15, -0.1) is 0 Å². The Labute approximate surface area is 130 Å². The van der Waals surface area contributed by atoms with Gasteiger partial charge in [0.2, 0.25) is 0 Å². The highest BCUT2D eigenvalue weighted by Gasteiger charge is 2.43. The third kappa shape index (κ3) is 2.98. The monoisotopic (exact) mass is 302 g/mol. The lowest BCUT2D eigenvalue weighted by molar-refractivity contribution is -0.144. The third-order valence-corrected chi connectivity index (χ3v) is 4.89. The van der Waals surface area contributed by atoms with Crippen LogP contribution in [0.4, 0.5) is 0 Å². The van der Waals surface area contributed by atoms with Crippen LogP contribution in [0.2, 0.25) is 0 Å². The molecule has 1 saturated heterocycles. The highest BCUT2D eigenvalue weighted by molar-refractivity contribution is 5.94. The number of rotatable bonds is 4. The van der Waals surface area contributed by atoms with E-state index >= 15 is 0 Å². The zero-order valence-corrected chi connectivity index (χ0v) is 12.9. The Morgan fingerprint density at radius 2 is 2.27 bits per heavy atom. The number of aromatic nitrogens is 1. The predicted octanol–water partition coefficient (Wildman–Crippen LogP) is 2.28. The zero-order chi connectivity index (χ0) is 15.5. The Hall–Kier alpha value is -1.91. The van der Waals surface area contributed by atoms with Crippen LogP contribution in [0.1, 0.15) is 43.0 Å². The van der Waals surface area contributed by atoms with Crippen molar-refractivity contribution >= 4 is 11.9 Å². The van der Waals surface area contributed by atoms with Gasteiger partial charge in [-0.25, -0.2) is 0 Å². The quantitative estimate of drug-likeness (QED) is 0.801. The molecule has 22 heavy (non-hydrogen) atoms. The number of nitrogens with zero attached hydrogens (tertiary/aromatic N) is 2. The van der Waals surface area contributed by atoms with Gasteiger partial charge in [-0.1, -0.05) is 0 Å². The lowest BCUT2D eigenvalue weighted by Crippen LogP contribution is -2.35. The summed E-state index contributed by atoms with van der Waals surface area (Å²) in [5.74, 6) is 0.728. The van der Waals surface area contributed by atoms with Crippen LogP contribution in [0.3, 0.4) is 0 Å². The van der Waals surface area contributed by atoms with Crippen LogP contribution in [0.15, 0.2) is 24.5 Å². The van der Waals surface area contributed by atoms with Crippen LogP contribution in [-0.2, 0) is 9.53 Å². The van der Waals surface area contributed by atoms with Gasteiger partial charge in [-0.2, -0.15) is 0 Å². The van der Waals surface area contributed by atoms with Crippen molar-refractivity contribution in [2.24, 2.45) is 11.8 Å². The molecule has 1 saturated carbocycles. The van der Waals surface area contributed by atoms with Gasteiger partial charge >= 0.3 is 5.97 Å². The molecule has 3 unspecified atom stereocenters. The maximum absolute atomic E-state index is 12.6. The minimum absolute atomic E-state index is 0.0670. The van der Waals surface area contributed by atoms with Crippen molar-refractivity contribution in [1.29, 1.82) is 0 Å². The van der Waals surface area contributed by atoms with E-state index in [1.54, 1.807) is 18.5 Å². The van der Waals surface area contributed by atoms with Crippen molar-refractivity contribution in [3.8, 4) is 0 Å². The van der Waals surface area contributed by atoms with E-state index in [9.17, 15) is 9.59 Å². The number of carbonyl (C=O) groups is 2. The van der Waals surface area contributed by atoms with Crippen LogP contribution >= 0.6 is 0 Å². The summed E-state index contributed by atoms with van der Waals surface area (Å²) in [7, 11) is 0. The number of hydrogen-bond donors (Lipinski definition) is 0. The van der Waals surface area contributed by atoms with E-state index in [0.29, 0.717) is 36.5 Å². The summed E-state index contributed by atoms with van der Waals surface area (Å²) < 4.78 is 5.07. The highest BCUT2D eigenvalue weighted by Crippen LogP contribution is 2.41. The summed E-state index contributed by atoms with van der Waals surface area (Å²) in [5, 5.41) is 0. The van der Waals surface area contributed by atoms with Crippen molar-refractivity contribution < 1.29 is 14.3 Å². The van der Waals surface area contributed by atoms with E-state index in [1.165, 1.54) is 0 Å². The van der Waals surface area contributed by atoms with Crippen LogP contribution in [0.5, 0.6) is 0 Å². The number of ether oxygens (including phenoxy) is 1. The van der Waals surface area contributed by atoms with E-state index < -0.39 is 0 Å². The lowest BCUT2D eigenvalue weighted by Gasteiger charge is -2.28. The first-order valence-electron chi connectivity index (χ1n) is 8.05. The number of likely N-dealkylation sites (tertiary alicyclic amines) is 1. The second-order valence-electron chi connectivity index (χ2n) is 6.20. The SMILES string of the molecule is CCOC(=O)CC1CCC2CC1CN2C(=O)c1cccnc1. The summed E-state index contributed by atoms with van der Waals surface area (Å²) in [6, 6.07) is 3.92. The van der Waals surface area contributed by atoms with Gasteiger partial charge in [0, 0.05) is 31.4 Å². The third-order valence-electron chi connectivity index (χ3n) is 4.89. The molecule has 5 heteroatoms. The minimum Gasteiger partial charge on any atom is -0.466 e. The van der Waals surface area contributed by atoms with Gasteiger partial charge in [-0.05, 0) is 50.2 Å². The fourth-order valence-electron chi connectivity index (χ4n) is 3.82. The molecule has 1 aromatic heterocycles. The molecule has 0 radical (unpaired) electrons. The van der Waals surface area contributed by atoms with Crippen LogP contribution in [-0.4, -0.2) is 41.0 Å². The lowest BCUT2D eigenvalue weighted by atomic mass is 9.78. The molecule has 1 amide bonds. The van der Waals surface area contributed by atoms with E-state index in [-0.39, 0.29) is 11.9 Å². The first-order chi connectivity index (χ1) is 10.7. The number of amides is 1. The number of pyridine rings is 1. The second kappa shape index (κ2) is 6.46. The van der Waals surface area contributed by atoms with Gasteiger partial charge in [0.25, 0.3) is 5.91 Å². The maximum Gasteiger partial charge on any atom is 0.306 e. The number of hydrogen-bond acceptors (Lipinski definition) is 4. The van der Waals surface area contributed by atoms with Gasteiger partial charge in [0.05, 0.1) is 12.2 Å². The van der Waals surface area contributed by atoms with Crippen molar-refractivity contribution in [2.45, 2.75) is 38.6 Å². The van der Waals surface area contributed by atoms with Gasteiger partial charge in [0.15, 0.2) is 0 Å². The normalized spacial score (nSPS) is 26.8. The molecule has 2 bridgehead atoms. The topological polar surface area (TPSA) is 59.5 Å². The van der Waals surface area contributed by atoms with E-state index in [0.717, 1.165) is 25.8 Å². The maximum atomic E-state index is 12.6. The van der Waals surface area contributed by atoms with Crippen molar-refractivity contribution in [3.05, 3.63) is 30.1 Å². The molecule has 0 spiro atoms. The molecule has 3 atom stereocenters. The second-order valence-corrected chi connectivity index (χ2v) is 6.20. The summed E-state index contributed by atoms with van der Waals surface area (Å²) in [6.45, 7) is 3.02. The standard InChI is InChI=1S/C17H22N2O3/c1-2-22-16(20)9-12-5-6-15-8-14(12)11-19(15)17(21)13-4-3-7-18-10-13/h3-4,7,10,12,14-15H,2,5-6,8-9,11H2,1H3. The molecule has 2 fully saturated rings. The summed E-state index contributed by atoms with van der Waals surface area (Å²) in [6.07, 6.45) is 6.78. The molecule has 3 rings (SSSR count). The Morgan fingerprint density at radius 3 is 3.00 bits per heavy atom. The molecule has 1 aliphatic heterocycles. The highest BCUT2D eigenvalue weighted by atomic mass is 16.5. The first-order valence-corrected chi connectivity index (χ1v) is 8.05. The smallest absolute Gasteiger partial charge is 0.306 e. The molecular formula is C17H22N2O3. The predicted molar refractivity (Wildman–Crippen MR) is 81.1 cm³/mol. The Kier molecular flexibility index (Phi) is 4.41. The average molecular weight is 302 g/mol. The molecule has 2 heterocycles. The Balaban J connectivity index is 1.65. The van der Waals surface area contributed by atoms with E-state index in [2.05, 4.69) is 4.98 Å². The Morgan fingerprint density at radius 1 is 1.41 bits per heavy atom. The molecule has 2 aliphatic rings. The molecule has 5 nitrogen and oxygen atoms in total. The molecule has 0 N–H and O–H groups in total. The van der Waals surface area contributed by atoms with Crippen molar-refractivity contribution in [1.82, 2.24) is 9.88 Å². The van der Waals surface area contributed by atoms with Crippen LogP contribution in [0, 0.1) is 11.8 Å². The molecule has 0 aromatic carbocycles. The first kappa shape index (κ1) is 15.0. The largest absolute Gasteiger partial charge is 0.466 e. The number of fused-ring (bicyclic) bond motifs is 2. The molecule has 1 aliphatic carbocycles. The minimum atomic E-state index is -0.108. The van der Waals surface area contributed by atoms with Crippen molar-refractivity contribution in [2.75, 3.05) is 13.2 Å². The van der Waals surface area contributed by atoms with Crippen LogP contribution in [0.25, 0.3) is 0 Å². The summed E-state index contributed by atoms with van der Waals surface area (Å²) >= 11 is 0. The summed E-state index contributed by atoms with van der Waals surface area (Å²) in [4.78, 5) is 30.3. The fourth-order valence-corrected chi connectivity index (χ4v) is 3.82. The van der Waals surface area contributed by atoms with Gasteiger partial charge in [-0.3, -0.25) is 14.6 Å². The fraction of sp³-hybridized carbons (Fsp3) is 0.588.